The lowest BCUT2D eigenvalue weighted by atomic mass is 10.1. The summed E-state index contributed by atoms with van der Waals surface area (Å²) in [6.07, 6.45) is 0. The van der Waals surface area contributed by atoms with Crippen molar-refractivity contribution in [2.75, 3.05) is 5.32 Å². The summed E-state index contributed by atoms with van der Waals surface area (Å²) in [5.41, 5.74) is 0.497. The van der Waals surface area contributed by atoms with E-state index in [0.29, 0.717) is 11.4 Å². The number of carbonyl (C=O) groups is 2. The topological polar surface area (TPSA) is 55.4 Å². The third-order valence-corrected chi connectivity index (χ3v) is 2.44. The van der Waals surface area contributed by atoms with Crippen molar-refractivity contribution in [1.82, 2.24) is 0 Å². The Morgan fingerprint density at radius 2 is 1.78 bits per heavy atom. The number of benzene rings is 2. The van der Waals surface area contributed by atoms with Crippen molar-refractivity contribution in [3.63, 3.8) is 0 Å². The molecule has 1 amide bonds. The number of hydrogen-bond acceptors (Lipinski definition) is 3. The molecular formula is C14H13NO3. The molecule has 0 saturated carbocycles. The minimum Gasteiger partial charge on any atom is -0.424 e. The third kappa shape index (κ3) is 2.48. The Balaban J connectivity index is 2.62. The van der Waals surface area contributed by atoms with E-state index in [9.17, 15) is 9.59 Å². The van der Waals surface area contributed by atoms with E-state index in [-0.39, 0.29) is 5.91 Å². The summed E-state index contributed by atoms with van der Waals surface area (Å²) in [7, 11) is 0. The van der Waals surface area contributed by atoms with E-state index >= 15 is 0 Å². The minimum absolute atomic E-state index is 0.210. The van der Waals surface area contributed by atoms with E-state index in [1.165, 1.54) is 13.8 Å². The van der Waals surface area contributed by atoms with Gasteiger partial charge in [0.2, 0.25) is 5.91 Å². The van der Waals surface area contributed by atoms with Gasteiger partial charge in [-0.15, -0.1) is 0 Å². The maximum absolute atomic E-state index is 11.2. The smallest absolute Gasteiger partial charge is 0.308 e. The Hall–Kier alpha value is -2.36. The maximum atomic E-state index is 11.2. The zero-order chi connectivity index (χ0) is 13.1. The number of anilines is 1. The van der Waals surface area contributed by atoms with Gasteiger partial charge >= 0.3 is 5.97 Å². The molecule has 0 unspecified atom stereocenters. The van der Waals surface area contributed by atoms with Crippen LogP contribution in [0.1, 0.15) is 13.8 Å². The van der Waals surface area contributed by atoms with Crippen molar-refractivity contribution < 1.29 is 14.3 Å². The van der Waals surface area contributed by atoms with Gasteiger partial charge < -0.3 is 10.1 Å². The summed E-state index contributed by atoms with van der Waals surface area (Å²) >= 11 is 0. The van der Waals surface area contributed by atoms with Crippen LogP contribution in [-0.4, -0.2) is 11.9 Å². The Morgan fingerprint density at radius 3 is 2.44 bits per heavy atom. The summed E-state index contributed by atoms with van der Waals surface area (Å²) in [4.78, 5) is 22.3. The molecule has 0 radical (unpaired) electrons. The van der Waals surface area contributed by atoms with E-state index in [1.54, 1.807) is 6.07 Å². The Morgan fingerprint density at radius 1 is 1.06 bits per heavy atom. The van der Waals surface area contributed by atoms with Crippen molar-refractivity contribution in [1.29, 1.82) is 0 Å². The molecule has 92 valence electrons. The average Bonchev–Trinajstić information content (AvgIpc) is 2.31. The van der Waals surface area contributed by atoms with Crippen molar-refractivity contribution in [2.45, 2.75) is 13.8 Å². The molecule has 0 aromatic heterocycles. The molecule has 2 rings (SSSR count). The summed E-state index contributed by atoms with van der Waals surface area (Å²) in [5, 5.41) is 4.39. The highest BCUT2D eigenvalue weighted by molar-refractivity contribution is 6.00. The maximum Gasteiger partial charge on any atom is 0.308 e. The van der Waals surface area contributed by atoms with Crippen molar-refractivity contribution in [2.24, 2.45) is 0 Å². The van der Waals surface area contributed by atoms with Gasteiger partial charge in [0.25, 0.3) is 0 Å². The summed E-state index contributed by atoms with van der Waals surface area (Å²) in [5.74, 6) is -0.243. The first-order valence-electron chi connectivity index (χ1n) is 5.55. The molecule has 1 N–H and O–H groups in total. The van der Waals surface area contributed by atoms with Gasteiger partial charge in [-0.25, -0.2) is 0 Å². The van der Waals surface area contributed by atoms with Crippen LogP contribution >= 0.6 is 0 Å². The van der Waals surface area contributed by atoms with E-state index in [1.807, 2.05) is 30.3 Å². The van der Waals surface area contributed by atoms with Crippen LogP contribution in [0.5, 0.6) is 5.75 Å². The lowest BCUT2D eigenvalue weighted by molar-refractivity contribution is -0.131. The van der Waals surface area contributed by atoms with Crippen LogP contribution in [0.15, 0.2) is 36.4 Å². The minimum atomic E-state index is -0.419. The predicted octanol–water partition coefficient (Wildman–Crippen LogP) is 2.72. The molecule has 0 atom stereocenters. The standard InChI is InChI=1S/C14H13NO3/c1-9(16)15-13-8-7-11-5-3-4-6-12(11)14(13)18-10(2)17/h3-8H,1-2H3,(H,15,16). The highest BCUT2D eigenvalue weighted by Gasteiger charge is 2.11. The van der Waals surface area contributed by atoms with Crippen LogP contribution in [-0.2, 0) is 9.59 Å². The Bertz CT molecular complexity index is 619. The molecule has 0 spiro atoms. The SMILES string of the molecule is CC(=O)Nc1ccc2ccccc2c1OC(C)=O. The van der Waals surface area contributed by atoms with Gasteiger partial charge in [-0.3, -0.25) is 9.59 Å². The first kappa shape index (κ1) is 12.1. The second kappa shape index (κ2) is 4.87. The molecule has 0 aliphatic heterocycles. The number of esters is 1. The van der Waals surface area contributed by atoms with Crippen molar-refractivity contribution in [3.8, 4) is 5.75 Å². The fraction of sp³-hybridized carbons (Fsp3) is 0.143. The van der Waals surface area contributed by atoms with Gasteiger partial charge in [0.15, 0.2) is 5.75 Å². The van der Waals surface area contributed by atoms with Gasteiger partial charge in [0.1, 0.15) is 0 Å². The molecule has 0 heterocycles. The van der Waals surface area contributed by atoms with Crippen LogP contribution < -0.4 is 10.1 Å². The zero-order valence-corrected chi connectivity index (χ0v) is 10.2. The molecule has 0 fully saturated rings. The molecule has 0 aliphatic rings. The average molecular weight is 243 g/mol. The first-order chi connectivity index (χ1) is 8.58. The zero-order valence-electron chi connectivity index (χ0n) is 10.2. The van der Waals surface area contributed by atoms with E-state index in [4.69, 9.17) is 4.74 Å². The Kier molecular flexibility index (Phi) is 3.28. The number of rotatable bonds is 2. The molecule has 0 bridgehead atoms. The molecule has 2 aromatic carbocycles. The van der Waals surface area contributed by atoms with Gasteiger partial charge in [0, 0.05) is 19.2 Å². The van der Waals surface area contributed by atoms with Crippen molar-refractivity contribution >= 4 is 28.3 Å². The fourth-order valence-electron chi connectivity index (χ4n) is 1.78. The third-order valence-electron chi connectivity index (χ3n) is 2.44. The number of amides is 1. The second-order valence-electron chi connectivity index (χ2n) is 3.94. The van der Waals surface area contributed by atoms with Crippen LogP contribution in [0, 0.1) is 0 Å². The number of carbonyl (C=O) groups excluding carboxylic acids is 2. The van der Waals surface area contributed by atoms with Gasteiger partial charge in [0.05, 0.1) is 5.69 Å². The lowest BCUT2D eigenvalue weighted by Crippen LogP contribution is -2.10. The largest absolute Gasteiger partial charge is 0.424 e. The van der Waals surface area contributed by atoms with Gasteiger partial charge in [-0.2, -0.15) is 0 Å². The summed E-state index contributed by atoms with van der Waals surface area (Å²) < 4.78 is 5.21. The van der Waals surface area contributed by atoms with E-state index in [0.717, 1.165) is 10.8 Å². The number of nitrogens with one attached hydrogen (secondary N) is 1. The first-order valence-corrected chi connectivity index (χ1v) is 5.55. The van der Waals surface area contributed by atoms with E-state index in [2.05, 4.69) is 5.32 Å². The highest BCUT2D eigenvalue weighted by Crippen LogP contribution is 2.33. The highest BCUT2D eigenvalue weighted by atomic mass is 16.5. The molecule has 0 saturated heterocycles. The number of ether oxygens (including phenoxy) is 1. The fourth-order valence-corrected chi connectivity index (χ4v) is 1.78. The molecule has 18 heavy (non-hydrogen) atoms. The molecule has 4 heteroatoms. The second-order valence-corrected chi connectivity index (χ2v) is 3.94. The van der Waals surface area contributed by atoms with Crippen LogP contribution in [0.4, 0.5) is 5.69 Å². The summed E-state index contributed by atoms with van der Waals surface area (Å²) in [6, 6.07) is 11.1. The van der Waals surface area contributed by atoms with E-state index < -0.39 is 5.97 Å². The van der Waals surface area contributed by atoms with Gasteiger partial charge in [-0.05, 0) is 11.5 Å². The molecular weight excluding hydrogens is 230 g/mol. The number of fused-ring (bicyclic) bond motifs is 1. The lowest BCUT2D eigenvalue weighted by Gasteiger charge is -2.12. The Labute approximate surface area is 105 Å². The van der Waals surface area contributed by atoms with Crippen LogP contribution in [0.25, 0.3) is 10.8 Å². The molecule has 2 aromatic rings. The van der Waals surface area contributed by atoms with Gasteiger partial charge in [-0.1, -0.05) is 30.3 Å². The summed E-state index contributed by atoms with van der Waals surface area (Å²) in [6.45, 7) is 2.74. The monoisotopic (exact) mass is 243 g/mol. The van der Waals surface area contributed by atoms with Crippen LogP contribution in [0.2, 0.25) is 0 Å². The quantitative estimate of drug-likeness (QED) is 0.651. The molecule has 4 nitrogen and oxygen atoms in total. The predicted molar refractivity (Wildman–Crippen MR) is 69.6 cm³/mol. The normalized spacial score (nSPS) is 10.1. The van der Waals surface area contributed by atoms with Crippen LogP contribution in [0.3, 0.4) is 0 Å². The number of hydrogen-bond donors (Lipinski definition) is 1. The van der Waals surface area contributed by atoms with Crippen molar-refractivity contribution in [3.05, 3.63) is 36.4 Å². The molecule has 0 aliphatic carbocycles.